The number of urea groups is 1. The Bertz CT molecular complexity index is 1210. The maximum absolute atomic E-state index is 13.0. The molecule has 0 spiro atoms. The van der Waals surface area contributed by atoms with Crippen molar-refractivity contribution in [1.82, 2.24) is 5.32 Å². The normalized spacial score (nSPS) is 15.1. The minimum Gasteiger partial charge on any atom is -0.489 e. The SMILES string of the molecule is O=C1NC(=O)N(c2ccc(OCc3ccc(Cl)cc3)cc2)C(=O)/C1=C/c1ccc(Br)cc1. The van der Waals surface area contributed by atoms with Gasteiger partial charge in [-0.25, -0.2) is 9.69 Å². The van der Waals surface area contributed by atoms with Gasteiger partial charge in [0.05, 0.1) is 5.69 Å². The number of nitrogens with one attached hydrogen (secondary N) is 1. The van der Waals surface area contributed by atoms with E-state index in [1.54, 1.807) is 60.7 Å². The van der Waals surface area contributed by atoms with Crippen LogP contribution in [0.4, 0.5) is 10.5 Å². The van der Waals surface area contributed by atoms with Crippen molar-refractivity contribution in [2.45, 2.75) is 6.61 Å². The molecule has 0 bridgehead atoms. The first kappa shape index (κ1) is 21.8. The molecule has 3 aromatic carbocycles. The van der Waals surface area contributed by atoms with Crippen LogP contribution in [0.25, 0.3) is 6.08 Å². The second kappa shape index (κ2) is 9.38. The number of carbonyl (C=O) groups excluding carboxylic acids is 3. The Morgan fingerprint density at radius 1 is 0.906 bits per heavy atom. The maximum atomic E-state index is 13.0. The van der Waals surface area contributed by atoms with Gasteiger partial charge in [0, 0.05) is 9.50 Å². The molecular formula is C24H16BrClN2O4. The van der Waals surface area contributed by atoms with Crippen molar-refractivity contribution in [3.8, 4) is 5.75 Å². The highest BCUT2D eigenvalue weighted by atomic mass is 79.9. The van der Waals surface area contributed by atoms with Crippen molar-refractivity contribution in [3.05, 3.63) is 99.0 Å². The molecule has 1 heterocycles. The van der Waals surface area contributed by atoms with E-state index < -0.39 is 17.8 Å². The fraction of sp³-hybridized carbons (Fsp3) is 0.0417. The summed E-state index contributed by atoms with van der Waals surface area (Å²) in [6.45, 7) is 0.341. The molecule has 1 aliphatic rings. The molecule has 0 aromatic heterocycles. The summed E-state index contributed by atoms with van der Waals surface area (Å²) in [5.74, 6) is -0.867. The van der Waals surface area contributed by atoms with Crippen LogP contribution in [-0.4, -0.2) is 17.8 Å². The molecule has 4 rings (SSSR count). The first-order valence-electron chi connectivity index (χ1n) is 9.55. The van der Waals surface area contributed by atoms with Crippen LogP contribution in [0.5, 0.6) is 5.75 Å². The third kappa shape index (κ3) is 4.90. The molecule has 0 saturated carbocycles. The molecule has 1 saturated heterocycles. The van der Waals surface area contributed by atoms with E-state index >= 15 is 0 Å². The first-order chi connectivity index (χ1) is 15.4. The molecule has 0 unspecified atom stereocenters. The minimum atomic E-state index is -0.803. The van der Waals surface area contributed by atoms with Crippen molar-refractivity contribution < 1.29 is 19.1 Å². The van der Waals surface area contributed by atoms with Crippen LogP contribution in [0.3, 0.4) is 0 Å². The standard InChI is InChI=1S/C24H16BrClN2O4/c25-17-5-1-15(2-6-17)13-21-22(29)27-24(31)28(23(21)30)19-9-11-20(12-10-19)32-14-16-3-7-18(26)8-4-16/h1-13H,14H2,(H,27,29,31)/b21-13+. The Morgan fingerprint density at radius 2 is 1.56 bits per heavy atom. The van der Waals surface area contributed by atoms with Crippen LogP contribution in [0.2, 0.25) is 5.02 Å². The van der Waals surface area contributed by atoms with Crippen LogP contribution < -0.4 is 15.0 Å². The molecule has 0 radical (unpaired) electrons. The van der Waals surface area contributed by atoms with Gasteiger partial charge in [-0.2, -0.15) is 0 Å². The van der Waals surface area contributed by atoms with Gasteiger partial charge in [0.1, 0.15) is 17.9 Å². The second-order valence-corrected chi connectivity index (χ2v) is 8.27. The molecule has 8 heteroatoms. The lowest BCUT2D eigenvalue weighted by Gasteiger charge is -2.26. The van der Waals surface area contributed by atoms with Gasteiger partial charge in [-0.1, -0.05) is 51.8 Å². The summed E-state index contributed by atoms with van der Waals surface area (Å²) in [6.07, 6.45) is 1.45. The van der Waals surface area contributed by atoms with Gasteiger partial charge in [-0.15, -0.1) is 0 Å². The number of nitrogens with zero attached hydrogens (tertiary/aromatic N) is 1. The van der Waals surface area contributed by atoms with Gasteiger partial charge in [0.25, 0.3) is 11.8 Å². The largest absolute Gasteiger partial charge is 0.489 e. The Balaban J connectivity index is 1.51. The predicted molar refractivity (Wildman–Crippen MR) is 125 cm³/mol. The number of carbonyl (C=O) groups is 3. The molecular weight excluding hydrogens is 496 g/mol. The van der Waals surface area contributed by atoms with Crippen LogP contribution in [0.1, 0.15) is 11.1 Å². The van der Waals surface area contributed by atoms with Crippen molar-refractivity contribution >= 4 is 57.1 Å². The number of imide groups is 2. The van der Waals surface area contributed by atoms with E-state index in [2.05, 4.69) is 21.2 Å². The molecule has 160 valence electrons. The van der Waals surface area contributed by atoms with Crippen molar-refractivity contribution in [2.75, 3.05) is 4.90 Å². The highest BCUT2D eigenvalue weighted by Gasteiger charge is 2.36. The smallest absolute Gasteiger partial charge is 0.335 e. The Morgan fingerprint density at radius 3 is 2.22 bits per heavy atom. The zero-order chi connectivity index (χ0) is 22.7. The molecule has 0 aliphatic carbocycles. The first-order valence-corrected chi connectivity index (χ1v) is 10.7. The van der Waals surface area contributed by atoms with E-state index in [1.807, 2.05) is 12.1 Å². The molecule has 32 heavy (non-hydrogen) atoms. The number of amides is 4. The number of rotatable bonds is 5. The summed E-state index contributed by atoms with van der Waals surface area (Å²) in [6, 6.07) is 20.1. The van der Waals surface area contributed by atoms with Crippen LogP contribution in [-0.2, 0) is 16.2 Å². The topological polar surface area (TPSA) is 75.7 Å². The monoisotopic (exact) mass is 510 g/mol. The minimum absolute atomic E-state index is 0.130. The average Bonchev–Trinajstić information content (AvgIpc) is 2.78. The van der Waals surface area contributed by atoms with E-state index in [0.29, 0.717) is 28.6 Å². The number of halogens is 2. The van der Waals surface area contributed by atoms with E-state index in [4.69, 9.17) is 16.3 Å². The fourth-order valence-corrected chi connectivity index (χ4v) is 3.45. The van der Waals surface area contributed by atoms with Gasteiger partial charge >= 0.3 is 6.03 Å². The summed E-state index contributed by atoms with van der Waals surface area (Å²) in [5.41, 5.74) is 1.80. The second-order valence-electron chi connectivity index (χ2n) is 6.92. The number of hydrogen-bond acceptors (Lipinski definition) is 4. The van der Waals surface area contributed by atoms with Gasteiger partial charge < -0.3 is 4.74 Å². The lowest BCUT2D eigenvalue weighted by Crippen LogP contribution is -2.54. The maximum Gasteiger partial charge on any atom is 0.335 e. The zero-order valence-electron chi connectivity index (χ0n) is 16.5. The zero-order valence-corrected chi connectivity index (χ0v) is 18.9. The van der Waals surface area contributed by atoms with Gasteiger partial charge in [-0.05, 0) is 65.7 Å². The number of ether oxygens (including phenoxy) is 1. The number of barbiturate groups is 1. The van der Waals surface area contributed by atoms with Crippen molar-refractivity contribution in [3.63, 3.8) is 0 Å². The lowest BCUT2D eigenvalue weighted by molar-refractivity contribution is -0.122. The van der Waals surface area contributed by atoms with E-state index in [9.17, 15) is 14.4 Å². The van der Waals surface area contributed by atoms with Crippen LogP contribution in [0.15, 0.2) is 82.8 Å². The summed E-state index contributed by atoms with van der Waals surface area (Å²) in [7, 11) is 0. The molecule has 0 atom stereocenters. The summed E-state index contributed by atoms with van der Waals surface area (Å²) in [4.78, 5) is 38.5. The van der Waals surface area contributed by atoms with Crippen molar-refractivity contribution in [1.29, 1.82) is 0 Å². The Labute approximate surface area is 197 Å². The molecule has 1 aliphatic heterocycles. The average molecular weight is 512 g/mol. The van der Waals surface area contributed by atoms with Gasteiger partial charge in [-0.3, -0.25) is 14.9 Å². The van der Waals surface area contributed by atoms with Gasteiger partial charge in [0.2, 0.25) is 0 Å². The fourth-order valence-electron chi connectivity index (χ4n) is 3.06. The Kier molecular flexibility index (Phi) is 6.39. The van der Waals surface area contributed by atoms with Crippen LogP contribution in [0, 0.1) is 0 Å². The highest BCUT2D eigenvalue weighted by molar-refractivity contribution is 9.10. The summed E-state index contributed by atoms with van der Waals surface area (Å²) < 4.78 is 6.61. The Hall–Kier alpha value is -3.42. The van der Waals surface area contributed by atoms with E-state index in [-0.39, 0.29) is 5.57 Å². The quantitative estimate of drug-likeness (QED) is 0.370. The molecule has 1 fully saturated rings. The highest BCUT2D eigenvalue weighted by Crippen LogP contribution is 2.25. The third-order valence-corrected chi connectivity index (χ3v) is 5.48. The van der Waals surface area contributed by atoms with Gasteiger partial charge in [0.15, 0.2) is 0 Å². The molecule has 3 aromatic rings. The summed E-state index contributed by atoms with van der Waals surface area (Å²) in [5, 5.41) is 2.86. The van der Waals surface area contributed by atoms with Crippen LogP contribution >= 0.6 is 27.5 Å². The lowest BCUT2D eigenvalue weighted by atomic mass is 10.1. The molecule has 1 N–H and O–H groups in total. The number of anilines is 1. The number of hydrogen-bond donors (Lipinski definition) is 1. The van der Waals surface area contributed by atoms with E-state index in [1.165, 1.54) is 6.08 Å². The van der Waals surface area contributed by atoms with E-state index in [0.717, 1.165) is 14.9 Å². The third-order valence-electron chi connectivity index (χ3n) is 4.70. The summed E-state index contributed by atoms with van der Waals surface area (Å²) >= 11 is 9.22. The number of benzene rings is 3. The predicted octanol–water partition coefficient (Wildman–Crippen LogP) is 5.35. The van der Waals surface area contributed by atoms with Crippen molar-refractivity contribution in [2.24, 2.45) is 0 Å². The molecule has 6 nitrogen and oxygen atoms in total. The molecule has 4 amide bonds.